The molecule has 0 spiro atoms. The number of benzene rings is 1. The van der Waals surface area contributed by atoms with E-state index < -0.39 is 35.7 Å². The summed E-state index contributed by atoms with van der Waals surface area (Å²) in [7, 11) is 0. The summed E-state index contributed by atoms with van der Waals surface area (Å²) in [5.74, 6) is -2.12. The van der Waals surface area contributed by atoms with Gasteiger partial charge in [-0.15, -0.1) is 0 Å². The topological polar surface area (TPSA) is 142 Å². The third kappa shape index (κ3) is 3.48. The SMILES string of the molecule is C[C@H](NCc1cccc2c1C(=O)N(C1CCC(=O)NC1=O)C2=O)[C@H](N)CO. The molecule has 1 unspecified atom stereocenters. The number of hydrogen-bond acceptors (Lipinski definition) is 7. The second-order valence-electron chi connectivity index (χ2n) is 6.80. The van der Waals surface area contributed by atoms with Crippen molar-refractivity contribution in [2.45, 2.75) is 44.4 Å². The minimum Gasteiger partial charge on any atom is -0.395 e. The summed E-state index contributed by atoms with van der Waals surface area (Å²) in [6.45, 7) is 1.91. The first kappa shape index (κ1) is 19.2. The zero-order chi connectivity index (χ0) is 19.7. The van der Waals surface area contributed by atoms with Crippen LogP contribution in [0, 0.1) is 0 Å². The summed E-state index contributed by atoms with van der Waals surface area (Å²) in [6.07, 6.45) is 0.195. The minimum absolute atomic E-state index is 0.0782. The molecular formula is C18H22N4O5. The lowest BCUT2D eigenvalue weighted by atomic mass is 10.0. The van der Waals surface area contributed by atoms with Gasteiger partial charge >= 0.3 is 0 Å². The fourth-order valence-corrected chi connectivity index (χ4v) is 3.31. The number of hydrogen-bond donors (Lipinski definition) is 4. The van der Waals surface area contributed by atoms with Crippen LogP contribution >= 0.6 is 0 Å². The molecule has 3 rings (SSSR count). The van der Waals surface area contributed by atoms with E-state index in [9.17, 15) is 19.2 Å². The zero-order valence-electron chi connectivity index (χ0n) is 14.9. The Labute approximate surface area is 155 Å². The maximum absolute atomic E-state index is 12.9. The van der Waals surface area contributed by atoms with Crippen LogP contribution in [0.15, 0.2) is 18.2 Å². The molecule has 1 saturated heterocycles. The van der Waals surface area contributed by atoms with Gasteiger partial charge in [0.1, 0.15) is 6.04 Å². The summed E-state index contributed by atoms with van der Waals surface area (Å²) in [5.41, 5.74) is 6.88. The number of nitrogens with zero attached hydrogens (tertiary/aromatic N) is 1. The fourth-order valence-electron chi connectivity index (χ4n) is 3.31. The molecule has 2 aliphatic heterocycles. The largest absolute Gasteiger partial charge is 0.395 e. The lowest BCUT2D eigenvalue weighted by molar-refractivity contribution is -0.136. The first-order chi connectivity index (χ1) is 12.8. The van der Waals surface area contributed by atoms with Crippen LogP contribution in [0.1, 0.15) is 46.0 Å². The quantitative estimate of drug-likeness (QED) is 0.462. The number of carbonyl (C=O) groups is 4. The Morgan fingerprint density at radius 2 is 2.04 bits per heavy atom. The number of nitrogens with one attached hydrogen (secondary N) is 2. The van der Waals surface area contributed by atoms with E-state index in [0.29, 0.717) is 5.56 Å². The van der Waals surface area contributed by atoms with Crippen LogP contribution in [0.25, 0.3) is 0 Å². The van der Waals surface area contributed by atoms with E-state index in [1.54, 1.807) is 18.2 Å². The van der Waals surface area contributed by atoms with Crippen LogP contribution in [-0.4, -0.2) is 58.4 Å². The van der Waals surface area contributed by atoms with Gasteiger partial charge in [-0.25, -0.2) is 0 Å². The van der Waals surface area contributed by atoms with E-state index in [0.717, 1.165) is 4.90 Å². The third-order valence-corrected chi connectivity index (χ3v) is 5.02. The lowest BCUT2D eigenvalue weighted by Gasteiger charge is -2.27. The molecule has 0 radical (unpaired) electrons. The van der Waals surface area contributed by atoms with Gasteiger partial charge in [-0.1, -0.05) is 12.1 Å². The average molecular weight is 374 g/mol. The second kappa shape index (κ2) is 7.55. The van der Waals surface area contributed by atoms with Crippen LogP contribution in [0.5, 0.6) is 0 Å². The van der Waals surface area contributed by atoms with Crippen LogP contribution in [0.4, 0.5) is 0 Å². The summed E-state index contributed by atoms with van der Waals surface area (Å²) in [6, 6.07) is 3.29. The Kier molecular flexibility index (Phi) is 5.36. The van der Waals surface area contributed by atoms with Gasteiger partial charge in [0.25, 0.3) is 11.8 Å². The fraction of sp³-hybridized carbons (Fsp3) is 0.444. The highest BCUT2D eigenvalue weighted by Gasteiger charge is 2.45. The maximum Gasteiger partial charge on any atom is 0.262 e. The van der Waals surface area contributed by atoms with E-state index in [1.165, 1.54) is 0 Å². The first-order valence-corrected chi connectivity index (χ1v) is 8.78. The molecule has 5 N–H and O–H groups in total. The molecule has 1 aromatic carbocycles. The van der Waals surface area contributed by atoms with Crippen molar-refractivity contribution >= 4 is 23.6 Å². The lowest BCUT2D eigenvalue weighted by Crippen LogP contribution is -2.54. The molecule has 9 heteroatoms. The van der Waals surface area contributed by atoms with Gasteiger partial charge in [0, 0.05) is 25.0 Å². The highest BCUT2D eigenvalue weighted by atomic mass is 16.3. The number of imide groups is 2. The molecule has 0 bridgehead atoms. The molecule has 1 fully saturated rings. The van der Waals surface area contributed by atoms with E-state index in [2.05, 4.69) is 10.6 Å². The number of nitrogens with two attached hydrogens (primary N) is 1. The summed E-state index contributed by atoms with van der Waals surface area (Å²) in [4.78, 5) is 50.1. The van der Waals surface area contributed by atoms with Crippen molar-refractivity contribution in [3.63, 3.8) is 0 Å². The Balaban J connectivity index is 1.84. The monoisotopic (exact) mass is 374 g/mol. The Bertz CT molecular complexity index is 809. The minimum atomic E-state index is -0.988. The van der Waals surface area contributed by atoms with Crippen LogP contribution in [0.3, 0.4) is 0 Å². The van der Waals surface area contributed by atoms with Crippen LogP contribution < -0.4 is 16.4 Å². The molecule has 4 amide bonds. The van der Waals surface area contributed by atoms with Gasteiger partial charge in [-0.2, -0.15) is 0 Å². The maximum atomic E-state index is 12.9. The number of piperidine rings is 1. The summed E-state index contributed by atoms with van der Waals surface area (Å²) < 4.78 is 0. The molecule has 1 aromatic rings. The van der Waals surface area contributed by atoms with Crippen molar-refractivity contribution in [3.8, 4) is 0 Å². The molecule has 144 valence electrons. The summed E-state index contributed by atoms with van der Waals surface area (Å²) in [5, 5.41) is 14.4. The highest BCUT2D eigenvalue weighted by molar-refractivity contribution is 6.24. The molecule has 0 aliphatic carbocycles. The Morgan fingerprint density at radius 3 is 2.70 bits per heavy atom. The van der Waals surface area contributed by atoms with Crippen molar-refractivity contribution in [2.24, 2.45) is 5.73 Å². The van der Waals surface area contributed by atoms with Gasteiger partial charge in [0.2, 0.25) is 11.8 Å². The number of rotatable bonds is 6. The molecule has 27 heavy (non-hydrogen) atoms. The predicted octanol–water partition coefficient (Wildman–Crippen LogP) is -1.11. The molecular weight excluding hydrogens is 352 g/mol. The Morgan fingerprint density at radius 1 is 1.30 bits per heavy atom. The standard InChI is InChI=1S/C18H22N4O5/c1-9(12(19)8-23)20-7-10-3-2-4-11-15(10)18(27)22(17(11)26)13-5-6-14(24)21-16(13)25/h2-4,9,12-13,20,23H,5-8,19H2,1H3,(H,21,24,25)/t9-,12+,13?/m0/s1. The van der Waals surface area contributed by atoms with Crippen molar-refractivity contribution in [3.05, 3.63) is 34.9 Å². The smallest absolute Gasteiger partial charge is 0.262 e. The average Bonchev–Trinajstić information content (AvgIpc) is 2.90. The Hall–Kier alpha value is -2.62. The molecule has 2 heterocycles. The van der Waals surface area contributed by atoms with Gasteiger partial charge in [0.15, 0.2) is 0 Å². The summed E-state index contributed by atoms with van der Waals surface area (Å²) >= 11 is 0. The van der Waals surface area contributed by atoms with E-state index in [-0.39, 0.29) is 43.2 Å². The predicted molar refractivity (Wildman–Crippen MR) is 94.5 cm³/mol. The molecule has 9 nitrogen and oxygen atoms in total. The van der Waals surface area contributed by atoms with Gasteiger partial charge in [-0.05, 0) is 25.0 Å². The highest BCUT2D eigenvalue weighted by Crippen LogP contribution is 2.29. The van der Waals surface area contributed by atoms with Crippen molar-refractivity contribution in [2.75, 3.05) is 6.61 Å². The number of aliphatic hydroxyl groups excluding tert-OH is 1. The molecule has 2 aliphatic rings. The van der Waals surface area contributed by atoms with Gasteiger partial charge in [-0.3, -0.25) is 29.4 Å². The normalized spacial score (nSPS) is 21.9. The van der Waals surface area contributed by atoms with Crippen molar-refractivity contribution in [1.29, 1.82) is 0 Å². The number of amides is 4. The first-order valence-electron chi connectivity index (χ1n) is 8.78. The second-order valence-corrected chi connectivity index (χ2v) is 6.80. The number of fused-ring (bicyclic) bond motifs is 1. The number of aliphatic hydroxyl groups is 1. The zero-order valence-corrected chi connectivity index (χ0v) is 14.9. The van der Waals surface area contributed by atoms with E-state index >= 15 is 0 Å². The van der Waals surface area contributed by atoms with E-state index in [1.807, 2.05) is 6.92 Å². The van der Waals surface area contributed by atoms with Crippen LogP contribution in [-0.2, 0) is 16.1 Å². The number of carbonyl (C=O) groups excluding carboxylic acids is 4. The molecule has 0 aromatic heterocycles. The van der Waals surface area contributed by atoms with Crippen LogP contribution in [0.2, 0.25) is 0 Å². The van der Waals surface area contributed by atoms with Crippen molar-refractivity contribution < 1.29 is 24.3 Å². The van der Waals surface area contributed by atoms with Gasteiger partial charge < -0.3 is 16.2 Å². The van der Waals surface area contributed by atoms with Gasteiger partial charge in [0.05, 0.1) is 17.7 Å². The third-order valence-electron chi connectivity index (χ3n) is 5.02. The van der Waals surface area contributed by atoms with Crippen molar-refractivity contribution in [1.82, 2.24) is 15.5 Å². The molecule has 0 saturated carbocycles. The van der Waals surface area contributed by atoms with E-state index in [4.69, 9.17) is 10.8 Å². The molecule has 3 atom stereocenters.